The van der Waals surface area contributed by atoms with E-state index < -0.39 is 12.8 Å². The summed E-state index contributed by atoms with van der Waals surface area (Å²) in [7, 11) is 0. The maximum Gasteiger partial charge on any atom is 0.411 e. The SMILES string of the molecule is CC(N)Cc1cc(OCCOCC(F)(F)F)ccc1Br. The lowest BCUT2D eigenvalue weighted by Crippen LogP contribution is -2.19. The van der Waals surface area contributed by atoms with Gasteiger partial charge in [-0.1, -0.05) is 15.9 Å². The molecule has 1 rings (SSSR count). The van der Waals surface area contributed by atoms with Gasteiger partial charge >= 0.3 is 6.18 Å². The fourth-order valence-electron chi connectivity index (χ4n) is 1.55. The van der Waals surface area contributed by atoms with Crippen molar-refractivity contribution >= 4 is 15.9 Å². The van der Waals surface area contributed by atoms with Crippen LogP contribution in [-0.2, 0) is 11.2 Å². The molecule has 1 aromatic carbocycles. The van der Waals surface area contributed by atoms with Crippen LogP contribution in [0.15, 0.2) is 22.7 Å². The Hall–Kier alpha value is -0.790. The molecule has 20 heavy (non-hydrogen) atoms. The molecular formula is C13H17BrF3NO2. The van der Waals surface area contributed by atoms with Crippen molar-refractivity contribution in [3.63, 3.8) is 0 Å². The summed E-state index contributed by atoms with van der Waals surface area (Å²) in [6.45, 7) is 0.588. The van der Waals surface area contributed by atoms with Crippen LogP contribution in [0, 0.1) is 0 Å². The molecule has 114 valence electrons. The Kier molecular flexibility index (Phi) is 6.78. The van der Waals surface area contributed by atoms with Gasteiger partial charge in [-0.3, -0.25) is 0 Å². The van der Waals surface area contributed by atoms with Crippen LogP contribution in [0.25, 0.3) is 0 Å². The molecule has 0 aliphatic heterocycles. The van der Waals surface area contributed by atoms with Crippen LogP contribution in [0.5, 0.6) is 5.75 Å². The molecule has 0 spiro atoms. The van der Waals surface area contributed by atoms with Crippen LogP contribution >= 0.6 is 15.9 Å². The number of rotatable bonds is 7. The normalized spacial score (nSPS) is 13.3. The van der Waals surface area contributed by atoms with Crippen LogP contribution < -0.4 is 10.5 Å². The van der Waals surface area contributed by atoms with Crippen LogP contribution in [0.3, 0.4) is 0 Å². The van der Waals surface area contributed by atoms with Gasteiger partial charge in [0.15, 0.2) is 0 Å². The third-order valence-corrected chi connectivity index (χ3v) is 3.09. The summed E-state index contributed by atoms with van der Waals surface area (Å²) >= 11 is 3.41. The van der Waals surface area contributed by atoms with Crippen LogP contribution in [0.4, 0.5) is 13.2 Å². The molecule has 0 saturated carbocycles. The van der Waals surface area contributed by atoms with Crippen molar-refractivity contribution in [2.24, 2.45) is 5.73 Å². The van der Waals surface area contributed by atoms with Crippen LogP contribution in [0.1, 0.15) is 12.5 Å². The van der Waals surface area contributed by atoms with E-state index in [9.17, 15) is 13.2 Å². The standard InChI is InChI=1S/C13H17BrF3NO2/c1-9(18)6-10-7-11(2-3-12(10)14)20-5-4-19-8-13(15,16)17/h2-3,7,9H,4-6,8,18H2,1H3. The van der Waals surface area contributed by atoms with Gasteiger partial charge in [-0.2, -0.15) is 13.2 Å². The molecule has 3 nitrogen and oxygen atoms in total. The molecule has 1 aromatic rings. The quantitative estimate of drug-likeness (QED) is 0.763. The van der Waals surface area contributed by atoms with E-state index >= 15 is 0 Å². The Bertz CT molecular complexity index is 425. The van der Waals surface area contributed by atoms with Crippen LogP contribution in [0.2, 0.25) is 0 Å². The minimum atomic E-state index is -4.30. The molecule has 1 atom stereocenters. The van der Waals surface area contributed by atoms with Crippen molar-refractivity contribution in [1.82, 2.24) is 0 Å². The highest BCUT2D eigenvalue weighted by molar-refractivity contribution is 9.10. The van der Waals surface area contributed by atoms with Crippen molar-refractivity contribution in [3.8, 4) is 5.75 Å². The zero-order valence-corrected chi connectivity index (χ0v) is 12.6. The van der Waals surface area contributed by atoms with E-state index in [0.717, 1.165) is 10.0 Å². The maximum absolute atomic E-state index is 11.8. The molecule has 1 unspecified atom stereocenters. The average molecular weight is 356 g/mol. The van der Waals surface area contributed by atoms with E-state index in [2.05, 4.69) is 20.7 Å². The maximum atomic E-state index is 11.8. The summed E-state index contributed by atoms with van der Waals surface area (Å²) in [5.41, 5.74) is 6.73. The predicted molar refractivity (Wildman–Crippen MR) is 73.9 cm³/mol. The summed E-state index contributed by atoms with van der Waals surface area (Å²) in [4.78, 5) is 0. The Balaban J connectivity index is 2.40. The second-order valence-electron chi connectivity index (χ2n) is 4.45. The number of ether oxygens (including phenoxy) is 2. The van der Waals surface area contributed by atoms with Gasteiger partial charge in [-0.05, 0) is 37.1 Å². The highest BCUT2D eigenvalue weighted by atomic mass is 79.9. The smallest absolute Gasteiger partial charge is 0.411 e. The third kappa shape index (κ3) is 7.12. The number of nitrogens with two attached hydrogens (primary N) is 1. The minimum Gasteiger partial charge on any atom is -0.491 e. The lowest BCUT2D eigenvalue weighted by molar-refractivity contribution is -0.175. The first-order chi connectivity index (χ1) is 9.28. The van der Waals surface area contributed by atoms with Crippen molar-refractivity contribution in [2.75, 3.05) is 19.8 Å². The minimum absolute atomic E-state index is 0.0108. The van der Waals surface area contributed by atoms with E-state index in [-0.39, 0.29) is 19.3 Å². The molecule has 7 heteroatoms. The summed E-state index contributed by atoms with van der Waals surface area (Å²) < 4.78 is 46.3. The van der Waals surface area contributed by atoms with E-state index in [1.54, 1.807) is 6.07 Å². The largest absolute Gasteiger partial charge is 0.491 e. The first-order valence-corrected chi connectivity index (χ1v) is 6.88. The predicted octanol–water partition coefficient (Wildman–Crippen LogP) is 3.30. The van der Waals surface area contributed by atoms with Gasteiger partial charge in [-0.25, -0.2) is 0 Å². The van der Waals surface area contributed by atoms with Gasteiger partial charge in [0.05, 0.1) is 6.61 Å². The molecule has 0 aromatic heterocycles. The Morgan fingerprint density at radius 3 is 2.60 bits per heavy atom. The van der Waals surface area contributed by atoms with Gasteiger partial charge in [0.2, 0.25) is 0 Å². The summed E-state index contributed by atoms with van der Waals surface area (Å²) in [6, 6.07) is 5.39. The fourth-order valence-corrected chi connectivity index (χ4v) is 1.96. The molecule has 0 amide bonds. The Labute approximate surface area is 124 Å². The number of hydrogen-bond donors (Lipinski definition) is 1. The lowest BCUT2D eigenvalue weighted by Gasteiger charge is -2.12. The number of halogens is 4. The first-order valence-electron chi connectivity index (χ1n) is 6.09. The summed E-state index contributed by atoms with van der Waals surface area (Å²) in [6.07, 6.45) is -3.62. The highest BCUT2D eigenvalue weighted by Gasteiger charge is 2.27. The first kappa shape index (κ1) is 17.3. The lowest BCUT2D eigenvalue weighted by atomic mass is 10.1. The van der Waals surface area contributed by atoms with Crippen molar-refractivity contribution < 1.29 is 22.6 Å². The van der Waals surface area contributed by atoms with E-state index in [1.807, 2.05) is 19.1 Å². The fraction of sp³-hybridized carbons (Fsp3) is 0.538. The van der Waals surface area contributed by atoms with Crippen molar-refractivity contribution in [1.29, 1.82) is 0 Å². The van der Waals surface area contributed by atoms with E-state index in [1.165, 1.54) is 0 Å². The molecule has 0 radical (unpaired) electrons. The number of benzene rings is 1. The number of hydrogen-bond acceptors (Lipinski definition) is 3. The Morgan fingerprint density at radius 1 is 1.30 bits per heavy atom. The molecule has 2 N–H and O–H groups in total. The van der Waals surface area contributed by atoms with Crippen molar-refractivity contribution in [2.45, 2.75) is 25.6 Å². The summed E-state index contributed by atoms with van der Waals surface area (Å²) in [5.74, 6) is 0.583. The molecule has 0 saturated heterocycles. The third-order valence-electron chi connectivity index (χ3n) is 2.32. The van der Waals surface area contributed by atoms with Gasteiger partial charge in [0.1, 0.15) is 19.0 Å². The molecular weight excluding hydrogens is 339 g/mol. The monoisotopic (exact) mass is 355 g/mol. The highest BCUT2D eigenvalue weighted by Crippen LogP contribution is 2.23. The second-order valence-corrected chi connectivity index (χ2v) is 5.31. The number of alkyl halides is 3. The zero-order chi connectivity index (χ0) is 15.2. The molecule has 0 aliphatic rings. The molecule has 0 heterocycles. The van der Waals surface area contributed by atoms with Gasteiger partial charge in [0.25, 0.3) is 0 Å². The molecule has 0 bridgehead atoms. The second kappa shape index (κ2) is 7.85. The topological polar surface area (TPSA) is 44.5 Å². The summed E-state index contributed by atoms with van der Waals surface area (Å²) in [5, 5.41) is 0. The van der Waals surface area contributed by atoms with Gasteiger partial charge in [0, 0.05) is 10.5 Å². The average Bonchev–Trinajstić information content (AvgIpc) is 2.30. The zero-order valence-electron chi connectivity index (χ0n) is 11.0. The van der Waals surface area contributed by atoms with Crippen LogP contribution in [-0.4, -0.2) is 32.0 Å². The van der Waals surface area contributed by atoms with E-state index in [4.69, 9.17) is 10.5 Å². The Morgan fingerprint density at radius 2 is 2.00 bits per heavy atom. The van der Waals surface area contributed by atoms with Gasteiger partial charge < -0.3 is 15.2 Å². The van der Waals surface area contributed by atoms with Gasteiger partial charge in [-0.15, -0.1) is 0 Å². The molecule has 0 fully saturated rings. The molecule has 0 aliphatic carbocycles. The van der Waals surface area contributed by atoms with E-state index in [0.29, 0.717) is 12.2 Å². The van der Waals surface area contributed by atoms with Crippen molar-refractivity contribution in [3.05, 3.63) is 28.2 Å².